The van der Waals surface area contributed by atoms with Crippen LogP contribution in [0.1, 0.15) is 26.2 Å². The van der Waals surface area contributed by atoms with Gasteiger partial charge in [-0.05, 0) is 18.6 Å². The summed E-state index contributed by atoms with van der Waals surface area (Å²) >= 11 is 0. The normalized spacial score (nSPS) is 10.2. The Bertz CT molecular complexity index is 764. The maximum absolute atomic E-state index is 12.8. The summed E-state index contributed by atoms with van der Waals surface area (Å²) in [4.78, 5) is 26.5. The molecule has 0 saturated carbocycles. The van der Waals surface area contributed by atoms with Gasteiger partial charge in [0, 0.05) is 18.7 Å². The monoisotopic (exact) mass is 390 g/mol. The Morgan fingerprint density at radius 1 is 1.14 bits per heavy atom. The molecule has 0 fully saturated rings. The van der Waals surface area contributed by atoms with E-state index >= 15 is 0 Å². The fourth-order valence-corrected chi connectivity index (χ4v) is 2.53. The fraction of sp³-hybridized carbons (Fsp3) is 0.421. The molecule has 3 amide bonds. The Kier molecular flexibility index (Phi) is 8.13. The van der Waals surface area contributed by atoms with Crippen LogP contribution < -0.4 is 20.1 Å². The van der Waals surface area contributed by atoms with E-state index in [1.165, 1.54) is 24.3 Å². The van der Waals surface area contributed by atoms with E-state index < -0.39 is 6.03 Å². The number of aromatic nitrogens is 1. The predicted octanol–water partition coefficient (Wildman–Crippen LogP) is 3.35. The lowest BCUT2D eigenvalue weighted by Gasteiger charge is -2.23. The number of methoxy groups -OCH3 is 2. The van der Waals surface area contributed by atoms with Crippen LogP contribution in [0.4, 0.5) is 16.3 Å². The van der Waals surface area contributed by atoms with Gasteiger partial charge in [-0.3, -0.25) is 4.79 Å². The molecule has 0 aliphatic carbocycles. The quantitative estimate of drug-likeness (QED) is 0.603. The zero-order valence-electron chi connectivity index (χ0n) is 16.4. The maximum atomic E-state index is 12.8. The van der Waals surface area contributed by atoms with Crippen molar-refractivity contribution in [2.75, 3.05) is 37.9 Å². The molecule has 0 radical (unpaired) electrons. The number of amides is 3. The van der Waals surface area contributed by atoms with Crippen molar-refractivity contribution in [1.82, 2.24) is 10.1 Å². The smallest absolute Gasteiger partial charge is 0.322 e. The summed E-state index contributed by atoms with van der Waals surface area (Å²) < 4.78 is 15.2. The molecule has 1 heterocycles. The molecule has 1 aromatic carbocycles. The summed E-state index contributed by atoms with van der Waals surface area (Å²) in [5.41, 5.74) is 0.491. The van der Waals surface area contributed by atoms with Crippen LogP contribution >= 0.6 is 0 Å². The van der Waals surface area contributed by atoms with Crippen LogP contribution in [0.2, 0.25) is 0 Å². The van der Waals surface area contributed by atoms with Gasteiger partial charge in [-0.15, -0.1) is 0 Å². The molecule has 0 spiro atoms. The van der Waals surface area contributed by atoms with Crippen LogP contribution in [-0.2, 0) is 4.79 Å². The van der Waals surface area contributed by atoms with E-state index in [0.717, 1.165) is 19.3 Å². The van der Waals surface area contributed by atoms with Gasteiger partial charge >= 0.3 is 6.03 Å². The Hall–Kier alpha value is -3.23. The molecule has 152 valence electrons. The van der Waals surface area contributed by atoms with Crippen LogP contribution in [0.25, 0.3) is 0 Å². The summed E-state index contributed by atoms with van der Waals surface area (Å²) in [6, 6.07) is 6.22. The SMILES string of the molecule is CCCCCN(CC(=O)Nc1ccon1)C(=O)Nc1ccc(OC)cc1OC. The van der Waals surface area contributed by atoms with Crippen LogP contribution in [0.15, 0.2) is 35.1 Å². The second-order valence-electron chi connectivity index (χ2n) is 6.06. The standard InChI is InChI=1S/C19H26N4O5/c1-4-5-6-10-23(13-18(24)21-17-9-11-28-22-17)19(25)20-15-8-7-14(26-2)12-16(15)27-3/h7-9,11-12H,4-6,10,13H2,1-3H3,(H,20,25)(H,21,22,24). The second-order valence-corrected chi connectivity index (χ2v) is 6.06. The molecule has 28 heavy (non-hydrogen) atoms. The average Bonchev–Trinajstić information content (AvgIpc) is 3.20. The van der Waals surface area contributed by atoms with Gasteiger partial charge in [-0.1, -0.05) is 24.9 Å². The van der Waals surface area contributed by atoms with E-state index in [-0.39, 0.29) is 12.5 Å². The molecule has 2 N–H and O–H groups in total. The number of benzene rings is 1. The van der Waals surface area contributed by atoms with Gasteiger partial charge in [0.05, 0.1) is 19.9 Å². The lowest BCUT2D eigenvalue weighted by Crippen LogP contribution is -2.41. The fourth-order valence-electron chi connectivity index (χ4n) is 2.53. The minimum atomic E-state index is -0.394. The second kappa shape index (κ2) is 10.8. The number of rotatable bonds is 10. The maximum Gasteiger partial charge on any atom is 0.322 e. The summed E-state index contributed by atoms with van der Waals surface area (Å²) in [6.07, 6.45) is 4.12. The lowest BCUT2D eigenvalue weighted by molar-refractivity contribution is -0.116. The predicted molar refractivity (Wildman–Crippen MR) is 105 cm³/mol. The van der Waals surface area contributed by atoms with Gasteiger partial charge in [0.15, 0.2) is 5.82 Å². The Morgan fingerprint density at radius 3 is 2.61 bits per heavy atom. The number of anilines is 2. The Balaban J connectivity index is 2.06. The van der Waals surface area contributed by atoms with Crippen molar-refractivity contribution in [2.45, 2.75) is 26.2 Å². The van der Waals surface area contributed by atoms with Crippen LogP contribution in [0.5, 0.6) is 11.5 Å². The third kappa shape index (κ3) is 6.19. The minimum absolute atomic E-state index is 0.110. The number of unbranched alkanes of at least 4 members (excludes halogenated alkanes) is 2. The molecule has 0 atom stereocenters. The van der Waals surface area contributed by atoms with Gasteiger partial charge < -0.3 is 29.5 Å². The van der Waals surface area contributed by atoms with E-state index in [4.69, 9.17) is 9.47 Å². The molecule has 0 saturated heterocycles. The van der Waals surface area contributed by atoms with E-state index in [0.29, 0.717) is 29.5 Å². The molecule has 0 aliphatic rings. The number of nitrogens with one attached hydrogen (secondary N) is 2. The molecule has 2 aromatic rings. The van der Waals surface area contributed by atoms with Crippen molar-refractivity contribution < 1.29 is 23.6 Å². The summed E-state index contributed by atoms with van der Waals surface area (Å²) in [6.45, 7) is 2.41. The van der Waals surface area contributed by atoms with E-state index in [1.54, 1.807) is 25.3 Å². The number of hydrogen-bond donors (Lipinski definition) is 2. The van der Waals surface area contributed by atoms with Gasteiger partial charge in [-0.25, -0.2) is 4.79 Å². The zero-order valence-corrected chi connectivity index (χ0v) is 16.4. The number of ether oxygens (including phenoxy) is 2. The summed E-state index contributed by atoms with van der Waals surface area (Å²) in [5.74, 6) is 1.02. The van der Waals surface area contributed by atoms with Crippen molar-refractivity contribution in [1.29, 1.82) is 0 Å². The average molecular weight is 390 g/mol. The van der Waals surface area contributed by atoms with Crippen LogP contribution in [0.3, 0.4) is 0 Å². The molecule has 2 rings (SSSR count). The van der Waals surface area contributed by atoms with Crippen LogP contribution in [-0.4, -0.2) is 49.3 Å². The third-order valence-electron chi connectivity index (χ3n) is 4.01. The highest BCUT2D eigenvalue weighted by Gasteiger charge is 2.19. The van der Waals surface area contributed by atoms with E-state index in [9.17, 15) is 9.59 Å². The Labute approximate surface area is 164 Å². The number of hydrogen-bond acceptors (Lipinski definition) is 6. The van der Waals surface area contributed by atoms with E-state index in [2.05, 4.69) is 27.2 Å². The molecular formula is C19H26N4O5. The molecule has 1 aromatic heterocycles. The Morgan fingerprint density at radius 2 is 1.96 bits per heavy atom. The van der Waals surface area contributed by atoms with Crippen molar-refractivity contribution >= 4 is 23.4 Å². The first-order valence-corrected chi connectivity index (χ1v) is 9.05. The minimum Gasteiger partial charge on any atom is -0.497 e. The number of carbonyl (C=O) groups excluding carboxylic acids is 2. The zero-order chi connectivity index (χ0) is 20.4. The number of urea groups is 1. The first kappa shape index (κ1) is 21.1. The molecule has 9 nitrogen and oxygen atoms in total. The first-order valence-electron chi connectivity index (χ1n) is 9.05. The molecular weight excluding hydrogens is 364 g/mol. The van der Waals surface area contributed by atoms with Gasteiger partial charge in [0.2, 0.25) is 5.91 Å². The first-order chi connectivity index (χ1) is 13.6. The molecule has 9 heteroatoms. The van der Waals surface area contributed by atoms with Gasteiger partial charge in [-0.2, -0.15) is 0 Å². The van der Waals surface area contributed by atoms with Crippen molar-refractivity contribution in [2.24, 2.45) is 0 Å². The molecule has 0 unspecified atom stereocenters. The summed E-state index contributed by atoms with van der Waals surface area (Å²) in [7, 11) is 3.06. The van der Waals surface area contributed by atoms with Crippen molar-refractivity contribution in [3.63, 3.8) is 0 Å². The van der Waals surface area contributed by atoms with Crippen LogP contribution in [0, 0.1) is 0 Å². The van der Waals surface area contributed by atoms with Crippen molar-refractivity contribution in [3.8, 4) is 11.5 Å². The highest BCUT2D eigenvalue weighted by molar-refractivity contribution is 5.97. The largest absolute Gasteiger partial charge is 0.497 e. The summed E-state index contributed by atoms with van der Waals surface area (Å²) in [5, 5.41) is 9.02. The molecule has 0 bridgehead atoms. The lowest BCUT2D eigenvalue weighted by atomic mass is 10.2. The van der Waals surface area contributed by atoms with Crippen molar-refractivity contribution in [3.05, 3.63) is 30.5 Å². The topological polar surface area (TPSA) is 106 Å². The molecule has 0 aliphatic heterocycles. The van der Waals surface area contributed by atoms with Gasteiger partial charge in [0.25, 0.3) is 0 Å². The third-order valence-corrected chi connectivity index (χ3v) is 4.01. The van der Waals surface area contributed by atoms with E-state index in [1.807, 2.05) is 0 Å². The van der Waals surface area contributed by atoms with Gasteiger partial charge in [0.1, 0.15) is 24.3 Å². The number of nitrogens with zero attached hydrogens (tertiary/aromatic N) is 2. The highest BCUT2D eigenvalue weighted by Crippen LogP contribution is 2.29. The number of carbonyl (C=O) groups is 2. The highest BCUT2D eigenvalue weighted by atomic mass is 16.5.